The van der Waals surface area contributed by atoms with Gasteiger partial charge in [-0.2, -0.15) is 18.4 Å². The van der Waals surface area contributed by atoms with Gasteiger partial charge in [0.2, 0.25) is 0 Å². The molecule has 0 aromatic carbocycles. The van der Waals surface area contributed by atoms with E-state index in [4.69, 9.17) is 5.26 Å². The zero-order chi connectivity index (χ0) is 20.8. The standard InChI is InChI=1S/C19H18F3N7/c1-11-8-28(12(2)7-25-11)17-16-14(19(20,21)22)9-29(18(16)27-10-26-17)15-5-13(6-23)3-4-24-15/h3-5,9-12,25H,7-8H2,1-2H3/t11-,12+/m0/s1. The predicted molar refractivity (Wildman–Crippen MR) is 101 cm³/mol. The number of alkyl halides is 3. The van der Waals surface area contributed by atoms with Crippen LogP contribution in [0.25, 0.3) is 16.9 Å². The van der Waals surface area contributed by atoms with Gasteiger partial charge in [-0.1, -0.05) is 0 Å². The molecule has 7 nitrogen and oxygen atoms in total. The van der Waals surface area contributed by atoms with Crippen LogP contribution in [0.15, 0.2) is 30.9 Å². The number of piperazine rings is 1. The van der Waals surface area contributed by atoms with Crippen LogP contribution in [0.1, 0.15) is 25.0 Å². The van der Waals surface area contributed by atoms with Crippen LogP contribution in [0.2, 0.25) is 0 Å². The third kappa shape index (κ3) is 3.38. The largest absolute Gasteiger partial charge is 0.418 e. The minimum atomic E-state index is -4.60. The first kappa shape index (κ1) is 19.1. The molecular weight excluding hydrogens is 383 g/mol. The van der Waals surface area contributed by atoms with Gasteiger partial charge in [-0.3, -0.25) is 4.57 Å². The minimum absolute atomic E-state index is 0.0335. The second-order valence-corrected chi connectivity index (χ2v) is 7.13. The molecule has 0 radical (unpaired) electrons. The van der Waals surface area contributed by atoms with E-state index in [9.17, 15) is 13.2 Å². The number of halogens is 3. The van der Waals surface area contributed by atoms with E-state index in [2.05, 4.69) is 20.3 Å². The number of pyridine rings is 1. The van der Waals surface area contributed by atoms with Gasteiger partial charge in [-0.05, 0) is 26.0 Å². The summed E-state index contributed by atoms with van der Waals surface area (Å²) in [5.41, 5.74) is -0.432. The van der Waals surface area contributed by atoms with Crippen LogP contribution in [0.4, 0.5) is 19.0 Å². The summed E-state index contributed by atoms with van der Waals surface area (Å²) in [6.07, 6.45) is -0.974. The highest BCUT2D eigenvalue weighted by atomic mass is 19.4. The van der Waals surface area contributed by atoms with Crippen molar-refractivity contribution in [1.29, 1.82) is 5.26 Å². The fourth-order valence-electron chi connectivity index (χ4n) is 3.59. The van der Waals surface area contributed by atoms with Gasteiger partial charge in [0, 0.05) is 37.6 Å². The predicted octanol–water partition coefficient (Wildman–Crippen LogP) is 2.89. The van der Waals surface area contributed by atoms with E-state index in [-0.39, 0.29) is 34.8 Å². The Morgan fingerprint density at radius 2 is 2.03 bits per heavy atom. The SMILES string of the molecule is C[C@@H]1CN[C@@H](C)CN1c1ncnc2c1c(C(F)(F)F)cn2-c1cc(C#N)ccn1. The first-order valence-corrected chi connectivity index (χ1v) is 9.09. The number of nitrogens with zero attached hydrogens (tertiary/aromatic N) is 6. The van der Waals surface area contributed by atoms with Crippen LogP contribution in [0.5, 0.6) is 0 Å². The van der Waals surface area contributed by atoms with E-state index in [0.717, 1.165) is 6.20 Å². The molecule has 0 amide bonds. The molecule has 29 heavy (non-hydrogen) atoms. The number of nitriles is 1. The van der Waals surface area contributed by atoms with Gasteiger partial charge in [0.05, 0.1) is 22.6 Å². The Kier molecular flexibility index (Phi) is 4.62. The smallest absolute Gasteiger partial charge is 0.350 e. The Labute approximate surface area is 164 Å². The van der Waals surface area contributed by atoms with Crippen molar-refractivity contribution in [3.05, 3.63) is 42.0 Å². The lowest BCUT2D eigenvalue weighted by molar-refractivity contribution is -0.136. The third-order valence-electron chi connectivity index (χ3n) is 5.03. The molecular formula is C19H18F3N7. The number of hydrogen-bond donors (Lipinski definition) is 1. The first-order chi connectivity index (χ1) is 13.8. The molecule has 3 aromatic heterocycles. The molecule has 3 aromatic rings. The highest BCUT2D eigenvalue weighted by molar-refractivity contribution is 5.93. The van der Waals surface area contributed by atoms with E-state index in [1.807, 2.05) is 24.8 Å². The number of nitrogens with one attached hydrogen (secondary N) is 1. The number of anilines is 1. The summed E-state index contributed by atoms with van der Waals surface area (Å²) in [6.45, 7) is 5.08. The molecule has 0 spiro atoms. The van der Waals surface area contributed by atoms with Crippen LogP contribution in [0.3, 0.4) is 0 Å². The van der Waals surface area contributed by atoms with Crippen molar-refractivity contribution in [3.63, 3.8) is 0 Å². The number of rotatable bonds is 2. The average molecular weight is 401 g/mol. The van der Waals surface area contributed by atoms with Gasteiger partial charge in [0.1, 0.15) is 18.0 Å². The van der Waals surface area contributed by atoms with Crippen LogP contribution in [-0.4, -0.2) is 44.7 Å². The Bertz CT molecular complexity index is 1100. The Morgan fingerprint density at radius 1 is 1.24 bits per heavy atom. The Balaban J connectivity index is 1.98. The topological polar surface area (TPSA) is 82.7 Å². The molecule has 150 valence electrons. The van der Waals surface area contributed by atoms with Crippen molar-refractivity contribution in [2.45, 2.75) is 32.1 Å². The van der Waals surface area contributed by atoms with Crippen molar-refractivity contribution in [2.24, 2.45) is 0 Å². The van der Waals surface area contributed by atoms with Crippen molar-refractivity contribution in [2.75, 3.05) is 18.0 Å². The maximum absolute atomic E-state index is 13.9. The molecule has 1 aliphatic rings. The molecule has 1 saturated heterocycles. The number of aromatic nitrogens is 4. The van der Waals surface area contributed by atoms with Gasteiger partial charge in [0.25, 0.3) is 0 Å². The fourth-order valence-corrected chi connectivity index (χ4v) is 3.59. The zero-order valence-electron chi connectivity index (χ0n) is 15.8. The molecule has 0 saturated carbocycles. The van der Waals surface area contributed by atoms with Crippen molar-refractivity contribution < 1.29 is 13.2 Å². The highest BCUT2D eigenvalue weighted by Gasteiger charge is 2.38. The van der Waals surface area contributed by atoms with Crippen LogP contribution < -0.4 is 10.2 Å². The van der Waals surface area contributed by atoms with Crippen molar-refractivity contribution in [3.8, 4) is 11.9 Å². The molecule has 4 rings (SSSR count). The lowest BCUT2D eigenvalue weighted by Gasteiger charge is -2.38. The van der Waals surface area contributed by atoms with E-state index >= 15 is 0 Å². The first-order valence-electron chi connectivity index (χ1n) is 9.09. The minimum Gasteiger partial charge on any atom is -0.350 e. The van der Waals surface area contributed by atoms with Crippen molar-refractivity contribution in [1.82, 2.24) is 24.8 Å². The van der Waals surface area contributed by atoms with Crippen molar-refractivity contribution >= 4 is 16.9 Å². The summed E-state index contributed by atoms with van der Waals surface area (Å²) in [4.78, 5) is 14.4. The van der Waals surface area contributed by atoms with E-state index in [1.165, 1.54) is 29.2 Å². The van der Waals surface area contributed by atoms with E-state index in [1.54, 1.807) is 0 Å². The quantitative estimate of drug-likeness (QED) is 0.711. The third-order valence-corrected chi connectivity index (χ3v) is 5.03. The van der Waals surface area contributed by atoms with Gasteiger partial charge >= 0.3 is 6.18 Å². The molecule has 4 heterocycles. The Morgan fingerprint density at radius 3 is 2.76 bits per heavy atom. The van der Waals surface area contributed by atoms with Crippen LogP contribution in [-0.2, 0) is 6.18 Å². The maximum Gasteiger partial charge on any atom is 0.418 e. The average Bonchev–Trinajstić information content (AvgIpc) is 3.10. The van der Waals surface area contributed by atoms with E-state index in [0.29, 0.717) is 18.7 Å². The second-order valence-electron chi connectivity index (χ2n) is 7.13. The molecule has 0 bridgehead atoms. The summed E-state index contributed by atoms with van der Waals surface area (Å²) in [5.74, 6) is 0.439. The molecule has 2 atom stereocenters. The number of hydrogen-bond acceptors (Lipinski definition) is 6. The van der Waals surface area contributed by atoms with Gasteiger partial charge in [0.15, 0.2) is 5.65 Å². The summed E-state index contributed by atoms with van der Waals surface area (Å²) >= 11 is 0. The zero-order valence-corrected chi connectivity index (χ0v) is 15.8. The summed E-state index contributed by atoms with van der Waals surface area (Å²) in [7, 11) is 0. The summed E-state index contributed by atoms with van der Waals surface area (Å²) in [5, 5.41) is 12.4. The van der Waals surface area contributed by atoms with Gasteiger partial charge in [-0.15, -0.1) is 0 Å². The normalized spacial score (nSPS) is 20.1. The highest BCUT2D eigenvalue weighted by Crippen LogP contribution is 2.40. The maximum atomic E-state index is 13.9. The number of fused-ring (bicyclic) bond motifs is 1. The van der Waals surface area contributed by atoms with E-state index < -0.39 is 11.7 Å². The second kappa shape index (κ2) is 7.00. The molecule has 1 aliphatic heterocycles. The monoisotopic (exact) mass is 401 g/mol. The molecule has 1 fully saturated rings. The Hall–Kier alpha value is -3.19. The molecule has 10 heteroatoms. The fraction of sp³-hybridized carbons (Fsp3) is 0.368. The molecule has 0 unspecified atom stereocenters. The van der Waals surface area contributed by atoms with Gasteiger partial charge < -0.3 is 10.2 Å². The summed E-state index contributed by atoms with van der Waals surface area (Å²) in [6, 6.07) is 4.97. The van der Waals surface area contributed by atoms with Crippen LogP contribution >= 0.6 is 0 Å². The lowest BCUT2D eigenvalue weighted by atomic mass is 10.1. The lowest BCUT2D eigenvalue weighted by Crippen LogP contribution is -2.54. The van der Waals surface area contributed by atoms with Crippen LogP contribution in [0, 0.1) is 11.3 Å². The summed E-state index contributed by atoms with van der Waals surface area (Å²) < 4.78 is 43.1. The molecule has 0 aliphatic carbocycles. The molecule has 1 N–H and O–H groups in total. The van der Waals surface area contributed by atoms with Gasteiger partial charge in [-0.25, -0.2) is 15.0 Å².